The molecule has 0 aromatic heterocycles. The molecule has 0 heterocycles. The molecule has 0 radical (unpaired) electrons. The monoisotopic (exact) mass is 306 g/mol. The van der Waals surface area contributed by atoms with Gasteiger partial charge in [-0.3, -0.25) is 4.79 Å². The zero-order valence-corrected chi connectivity index (χ0v) is 13.7. The summed E-state index contributed by atoms with van der Waals surface area (Å²) in [4.78, 5) is 24.5. The van der Waals surface area contributed by atoms with Gasteiger partial charge in [-0.2, -0.15) is 0 Å². The summed E-state index contributed by atoms with van der Waals surface area (Å²) in [5, 5.41) is 0. The van der Waals surface area contributed by atoms with Gasteiger partial charge in [0.2, 0.25) is 0 Å². The topological polar surface area (TPSA) is 52.6 Å². The lowest BCUT2D eigenvalue weighted by molar-refractivity contribution is -0.147. The van der Waals surface area contributed by atoms with E-state index in [9.17, 15) is 9.59 Å². The minimum Gasteiger partial charge on any atom is -0.469 e. The van der Waals surface area contributed by atoms with Crippen LogP contribution >= 0.6 is 0 Å². The van der Waals surface area contributed by atoms with Gasteiger partial charge in [0.15, 0.2) is 0 Å². The second kappa shape index (κ2) is 8.16. The number of esters is 2. The van der Waals surface area contributed by atoms with Crippen LogP contribution in [0.1, 0.15) is 57.8 Å². The Bertz CT molecular complexity index is 487. The van der Waals surface area contributed by atoms with Gasteiger partial charge in [0.25, 0.3) is 0 Å². The summed E-state index contributed by atoms with van der Waals surface area (Å²) in [7, 11) is 2.76. The third kappa shape index (κ3) is 3.79. The summed E-state index contributed by atoms with van der Waals surface area (Å²) < 4.78 is 9.92. The second-order valence-electron chi connectivity index (χ2n) is 6.03. The number of carbonyl (C=O) groups excluding carboxylic acids is 2. The lowest BCUT2D eigenvalue weighted by Crippen LogP contribution is -2.25. The van der Waals surface area contributed by atoms with Crippen LogP contribution in [-0.2, 0) is 19.1 Å². The summed E-state index contributed by atoms with van der Waals surface area (Å²) in [5.41, 5.74) is 2.83. The molecule has 2 aliphatic carbocycles. The van der Waals surface area contributed by atoms with Gasteiger partial charge in [-0.25, -0.2) is 4.79 Å². The molecule has 0 bridgehead atoms. The molecule has 2 aliphatic rings. The molecule has 122 valence electrons. The molecule has 0 aromatic carbocycles. The van der Waals surface area contributed by atoms with Gasteiger partial charge in [-0.05, 0) is 56.1 Å². The Morgan fingerprint density at radius 3 is 2.50 bits per heavy atom. The van der Waals surface area contributed by atoms with Crippen LogP contribution < -0.4 is 0 Å². The van der Waals surface area contributed by atoms with Crippen LogP contribution in [0.25, 0.3) is 0 Å². The third-order valence-corrected chi connectivity index (χ3v) is 4.66. The van der Waals surface area contributed by atoms with E-state index in [2.05, 4.69) is 6.08 Å². The van der Waals surface area contributed by atoms with E-state index in [1.54, 1.807) is 0 Å². The fraction of sp³-hybridized carbons (Fsp3) is 0.667. The van der Waals surface area contributed by atoms with E-state index >= 15 is 0 Å². The first-order chi connectivity index (χ1) is 10.7. The van der Waals surface area contributed by atoms with E-state index in [1.165, 1.54) is 32.6 Å². The highest BCUT2D eigenvalue weighted by molar-refractivity contribution is 5.97. The standard InChI is InChI=1S/C18H26O4/c1-21-17(19)15-12-8-7-11-14(16(15)18(20)22-2)13-9-5-3-4-6-10-13/h9,15H,3-8,10-12H2,1-2H3. The van der Waals surface area contributed by atoms with Gasteiger partial charge in [-0.15, -0.1) is 0 Å². The van der Waals surface area contributed by atoms with Crippen LogP contribution in [0, 0.1) is 5.92 Å². The minimum atomic E-state index is -0.487. The predicted molar refractivity (Wildman–Crippen MR) is 84.2 cm³/mol. The van der Waals surface area contributed by atoms with Crippen molar-refractivity contribution >= 4 is 11.9 Å². The second-order valence-corrected chi connectivity index (χ2v) is 6.03. The summed E-state index contributed by atoms with van der Waals surface area (Å²) in [6, 6.07) is 0. The maximum absolute atomic E-state index is 12.4. The van der Waals surface area contributed by atoms with Gasteiger partial charge in [0, 0.05) is 0 Å². The number of rotatable bonds is 3. The van der Waals surface area contributed by atoms with Crippen molar-refractivity contribution in [3.05, 3.63) is 22.8 Å². The molecular formula is C18H26O4. The average molecular weight is 306 g/mol. The first kappa shape index (κ1) is 16.8. The quantitative estimate of drug-likeness (QED) is 0.746. The Morgan fingerprint density at radius 1 is 1.00 bits per heavy atom. The van der Waals surface area contributed by atoms with Crippen molar-refractivity contribution in [1.29, 1.82) is 0 Å². The summed E-state index contributed by atoms with van der Waals surface area (Å²) >= 11 is 0. The van der Waals surface area contributed by atoms with Crippen LogP contribution in [0.3, 0.4) is 0 Å². The highest BCUT2D eigenvalue weighted by atomic mass is 16.5. The van der Waals surface area contributed by atoms with E-state index < -0.39 is 5.92 Å². The molecule has 0 aromatic rings. The van der Waals surface area contributed by atoms with Crippen LogP contribution in [-0.4, -0.2) is 26.2 Å². The highest BCUT2D eigenvalue weighted by Gasteiger charge is 2.34. The number of methoxy groups -OCH3 is 2. The van der Waals surface area contributed by atoms with Crippen LogP contribution in [0.15, 0.2) is 22.8 Å². The molecule has 22 heavy (non-hydrogen) atoms. The first-order valence-electron chi connectivity index (χ1n) is 8.27. The van der Waals surface area contributed by atoms with E-state index in [0.29, 0.717) is 12.0 Å². The molecule has 4 heteroatoms. The molecule has 0 fully saturated rings. The molecule has 1 atom stereocenters. The maximum atomic E-state index is 12.4. The maximum Gasteiger partial charge on any atom is 0.334 e. The number of allylic oxidation sites excluding steroid dienone is 3. The number of hydrogen-bond acceptors (Lipinski definition) is 4. The molecule has 0 aliphatic heterocycles. The van der Waals surface area contributed by atoms with Gasteiger partial charge in [-0.1, -0.05) is 18.9 Å². The van der Waals surface area contributed by atoms with Crippen LogP contribution in [0.5, 0.6) is 0 Å². The van der Waals surface area contributed by atoms with E-state index in [4.69, 9.17) is 9.47 Å². The van der Waals surface area contributed by atoms with Crippen molar-refractivity contribution in [2.45, 2.75) is 57.8 Å². The Kier molecular flexibility index (Phi) is 6.22. The zero-order chi connectivity index (χ0) is 15.9. The van der Waals surface area contributed by atoms with Crippen molar-refractivity contribution in [1.82, 2.24) is 0 Å². The molecule has 0 saturated heterocycles. The normalized spacial score (nSPS) is 23.2. The first-order valence-corrected chi connectivity index (χ1v) is 8.27. The minimum absolute atomic E-state index is 0.325. The predicted octanol–water partition coefficient (Wildman–Crippen LogP) is 3.71. The van der Waals surface area contributed by atoms with E-state index in [-0.39, 0.29) is 11.9 Å². The van der Waals surface area contributed by atoms with Crippen LogP contribution in [0.4, 0.5) is 0 Å². The van der Waals surface area contributed by atoms with Gasteiger partial charge in [0.1, 0.15) is 0 Å². The van der Waals surface area contributed by atoms with E-state index in [1.807, 2.05) is 0 Å². The molecule has 2 rings (SSSR count). The lowest BCUT2D eigenvalue weighted by Gasteiger charge is -2.19. The lowest BCUT2D eigenvalue weighted by atomic mass is 9.87. The SMILES string of the molecule is COC(=O)C1=C(C2=CCCCCC2)CCCCC1C(=O)OC. The summed E-state index contributed by atoms with van der Waals surface area (Å²) in [6.45, 7) is 0. The molecule has 4 nitrogen and oxygen atoms in total. The molecule has 0 spiro atoms. The summed E-state index contributed by atoms with van der Waals surface area (Å²) in [6.07, 6.45) is 11.3. The smallest absolute Gasteiger partial charge is 0.334 e. The molecular weight excluding hydrogens is 280 g/mol. The Morgan fingerprint density at radius 2 is 1.77 bits per heavy atom. The third-order valence-electron chi connectivity index (χ3n) is 4.66. The van der Waals surface area contributed by atoms with Crippen LogP contribution in [0.2, 0.25) is 0 Å². The van der Waals surface area contributed by atoms with Crippen molar-refractivity contribution in [2.75, 3.05) is 14.2 Å². The van der Waals surface area contributed by atoms with Gasteiger partial charge < -0.3 is 9.47 Å². The average Bonchev–Trinajstić information content (AvgIpc) is 2.93. The fourth-order valence-corrected chi connectivity index (χ4v) is 3.52. The Labute approximate surface area is 132 Å². The molecule has 1 unspecified atom stereocenters. The van der Waals surface area contributed by atoms with Gasteiger partial charge >= 0.3 is 11.9 Å². The van der Waals surface area contributed by atoms with Gasteiger partial charge in [0.05, 0.1) is 25.7 Å². The Balaban J connectivity index is 2.48. The zero-order valence-electron chi connectivity index (χ0n) is 13.7. The van der Waals surface area contributed by atoms with Crippen molar-refractivity contribution in [3.8, 4) is 0 Å². The largest absolute Gasteiger partial charge is 0.469 e. The number of ether oxygens (including phenoxy) is 2. The van der Waals surface area contributed by atoms with Crippen molar-refractivity contribution < 1.29 is 19.1 Å². The molecule has 0 saturated carbocycles. The molecule has 0 N–H and O–H groups in total. The van der Waals surface area contributed by atoms with Crippen molar-refractivity contribution in [2.24, 2.45) is 5.92 Å². The highest BCUT2D eigenvalue weighted by Crippen LogP contribution is 2.37. The Hall–Kier alpha value is -1.58. The van der Waals surface area contributed by atoms with Crippen molar-refractivity contribution in [3.63, 3.8) is 0 Å². The number of carbonyl (C=O) groups is 2. The summed E-state index contributed by atoms with van der Waals surface area (Å²) in [5.74, 6) is -1.19. The van der Waals surface area contributed by atoms with E-state index in [0.717, 1.165) is 44.1 Å². The fourth-order valence-electron chi connectivity index (χ4n) is 3.52. The molecule has 0 amide bonds. The number of hydrogen-bond donors (Lipinski definition) is 0.